The molecule has 2 amide bonds. The van der Waals surface area contributed by atoms with Gasteiger partial charge in [-0.2, -0.15) is 5.10 Å². The summed E-state index contributed by atoms with van der Waals surface area (Å²) in [5.74, 6) is 1.10. The minimum Gasteiger partial charge on any atom is -0.494 e. The maximum absolute atomic E-state index is 12.3. The molecule has 0 fully saturated rings. The Morgan fingerprint density at radius 2 is 2.22 bits per heavy atom. The van der Waals surface area contributed by atoms with Crippen LogP contribution >= 0.6 is 0 Å². The van der Waals surface area contributed by atoms with E-state index in [9.17, 15) is 9.59 Å². The summed E-state index contributed by atoms with van der Waals surface area (Å²) in [5.41, 5.74) is 2.14. The van der Waals surface area contributed by atoms with Crippen LogP contribution in [-0.4, -0.2) is 33.7 Å². The molecule has 0 spiro atoms. The molecule has 1 aliphatic heterocycles. The van der Waals surface area contributed by atoms with Crippen LogP contribution in [0.4, 0.5) is 11.4 Å². The monoisotopic (exact) mass is 371 g/mol. The first kappa shape index (κ1) is 18.9. The minimum atomic E-state index is -0.233. The fraction of sp³-hybridized carbons (Fsp3) is 0.474. The Labute approximate surface area is 158 Å². The molecule has 8 heteroatoms. The molecule has 0 bridgehead atoms. The molecule has 0 saturated heterocycles. The maximum atomic E-state index is 12.3. The normalized spacial score (nSPS) is 16.0. The maximum Gasteiger partial charge on any atom is 0.225 e. The average molecular weight is 371 g/mol. The molecule has 3 rings (SSSR count). The van der Waals surface area contributed by atoms with Crippen molar-refractivity contribution in [2.24, 2.45) is 5.92 Å². The quantitative estimate of drug-likeness (QED) is 0.814. The van der Waals surface area contributed by atoms with Crippen molar-refractivity contribution in [3.63, 3.8) is 0 Å². The highest BCUT2D eigenvalue weighted by Crippen LogP contribution is 2.41. The van der Waals surface area contributed by atoms with Gasteiger partial charge in [0.15, 0.2) is 0 Å². The number of carbonyl (C=O) groups is 2. The van der Waals surface area contributed by atoms with Gasteiger partial charge >= 0.3 is 0 Å². The highest BCUT2D eigenvalue weighted by atomic mass is 16.5. The second-order valence-corrected chi connectivity index (χ2v) is 7.02. The molecule has 1 aromatic heterocycles. The van der Waals surface area contributed by atoms with E-state index in [1.807, 2.05) is 26.8 Å². The van der Waals surface area contributed by atoms with E-state index in [4.69, 9.17) is 4.74 Å². The predicted molar refractivity (Wildman–Crippen MR) is 102 cm³/mol. The van der Waals surface area contributed by atoms with E-state index in [0.717, 1.165) is 11.4 Å². The predicted octanol–water partition coefficient (Wildman–Crippen LogP) is 2.77. The van der Waals surface area contributed by atoms with Crippen molar-refractivity contribution in [3.05, 3.63) is 29.8 Å². The molecule has 2 N–H and O–H groups in total. The van der Waals surface area contributed by atoms with Crippen LogP contribution in [-0.2, 0) is 16.1 Å². The molecular formula is C19H25N5O3. The number of nitrogens with zero attached hydrogens (tertiary/aromatic N) is 3. The van der Waals surface area contributed by atoms with Gasteiger partial charge in [0.1, 0.15) is 17.9 Å². The first-order valence-corrected chi connectivity index (χ1v) is 9.12. The molecule has 144 valence electrons. The molecule has 0 radical (unpaired) electrons. The molecule has 1 aromatic carbocycles. The number of benzene rings is 1. The number of hydrogen-bond donors (Lipinski definition) is 2. The van der Waals surface area contributed by atoms with Crippen molar-refractivity contribution >= 4 is 23.2 Å². The zero-order valence-corrected chi connectivity index (χ0v) is 16.1. The molecule has 1 atom stereocenters. The number of ether oxygens (including phenoxy) is 1. The number of anilines is 2. The third-order valence-electron chi connectivity index (χ3n) is 4.54. The summed E-state index contributed by atoms with van der Waals surface area (Å²) in [6, 6.07) is 3.61. The van der Waals surface area contributed by atoms with Gasteiger partial charge in [0, 0.05) is 31.1 Å². The number of rotatable bonds is 6. The van der Waals surface area contributed by atoms with E-state index in [-0.39, 0.29) is 30.1 Å². The largest absolute Gasteiger partial charge is 0.494 e. The topological polar surface area (TPSA) is 98.1 Å². The average Bonchev–Trinajstić information content (AvgIpc) is 3.08. The van der Waals surface area contributed by atoms with Crippen molar-refractivity contribution in [2.75, 3.05) is 17.7 Å². The molecular weight excluding hydrogens is 346 g/mol. The lowest BCUT2D eigenvalue weighted by Crippen LogP contribution is -2.26. The highest BCUT2D eigenvalue weighted by molar-refractivity contribution is 5.98. The van der Waals surface area contributed by atoms with Crippen LogP contribution in [0.1, 0.15) is 50.9 Å². The lowest BCUT2D eigenvalue weighted by molar-refractivity contribution is -0.117. The number of hydrogen-bond acceptors (Lipinski definition) is 5. The van der Waals surface area contributed by atoms with Gasteiger partial charge in [-0.05, 0) is 24.5 Å². The van der Waals surface area contributed by atoms with Gasteiger partial charge in [-0.1, -0.05) is 13.8 Å². The van der Waals surface area contributed by atoms with Gasteiger partial charge in [-0.15, -0.1) is 0 Å². The highest BCUT2D eigenvalue weighted by Gasteiger charge is 2.31. The molecule has 2 heterocycles. The third kappa shape index (κ3) is 3.94. The number of aryl methyl sites for hydroxylation is 1. The van der Waals surface area contributed by atoms with Crippen molar-refractivity contribution < 1.29 is 14.3 Å². The zero-order valence-electron chi connectivity index (χ0n) is 16.1. The first-order valence-electron chi connectivity index (χ1n) is 9.12. The summed E-state index contributed by atoms with van der Waals surface area (Å²) < 4.78 is 7.21. The number of fused-ring (bicyclic) bond motifs is 1. The molecule has 1 aliphatic rings. The first-order chi connectivity index (χ1) is 12.9. The van der Waals surface area contributed by atoms with Crippen LogP contribution in [0.2, 0.25) is 0 Å². The summed E-state index contributed by atoms with van der Waals surface area (Å²) in [7, 11) is 1.54. The van der Waals surface area contributed by atoms with E-state index in [0.29, 0.717) is 30.1 Å². The second-order valence-electron chi connectivity index (χ2n) is 7.02. The van der Waals surface area contributed by atoms with Crippen LogP contribution in [0, 0.1) is 5.92 Å². The Morgan fingerprint density at radius 3 is 2.89 bits per heavy atom. The van der Waals surface area contributed by atoms with Crippen LogP contribution in [0.3, 0.4) is 0 Å². The Hall–Kier alpha value is -2.90. The number of carbonyl (C=O) groups excluding carboxylic acids is 2. The number of nitrogens with one attached hydrogen (secondary N) is 2. The molecule has 0 saturated carbocycles. The van der Waals surface area contributed by atoms with Crippen molar-refractivity contribution in [2.45, 2.75) is 46.1 Å². The molecule has 1 unspecified atom stereocenters. The SMILES string of the molecule is CCn1ncnc1C1CC(=O)Nc2cc(OC)c(NC(=O)CC(C)C)cc21. The lowest BCUT2D eigenvalue weighted by Gasteiger charge is -2.27. The van der Waals surface area contributed by atoms with E-state index in [2.05, 4.69) is 20.7 Å². The summed E-state index contributed by atoms with van der Waals surface area (Å²) in [5, 5.41) is 10.0. The number of amides is 2. The Bertz CT molecular complexity index is 859. The Morgan fingerprint density at radius 1 is 1.44 bits per heavy atom. The van der Waals surface area contributed by atoms with E-state index < -0.39 is 0 Å². The molecule has 0 aliphatic carbocycles. The van der Waals surface area contributed by atoms with E-state index >= 15 is 0 Å². The zero-order chi connectivity index (χ0) is 19.6. The summed E-state index contributed by atoms with van der Waals surface area (Å²) >= 11 is 0. The van der Waals surface area contributed by atoms with Gasteiger partial charge in [-0.25, -0.2) is 9.67 Å². The van der Waals surface area contributed by atoms with Crippen LogP contribution < -0.4 is 15.4 Å². The number of aromatic nitrogens is 3. The second kappa shape index (κ2) is 7.77. The Kier molecular flexibility index (Phi) is 5.43. The molecule has 2 aromatic rings. The van der Waals surface area contributed by atoms with Crippen molar-refractivity contribution in [1.82, 2.24) is 14.8 Å². The molecule has 8 nitrogen and oxygen atoms in total. The van der Waals surface area contributed by atoms with Crippen LogP contribution in [0.15, 0.2) is 18.5 Å². The van der Waals surface area contributed by atoms with Crippen molar-refractivity contribution in [3.8, 4) is 5.75 Å². The van der Waals surface area contributed by atoms with Gasteiger partial charge in [-0.3, -0.25) is 9.59 Å². The number of methoxy groups -OCH3 is 1. The van der Waals surface area contributed by atoms with Gasteiger partial charge in [0.05, 0.1) is 18.7 Å². The summed E-state index contributed by atoms with van der Waals surface area (Å²) in [4.78, 5) is 28.9. The summed E-state index contributed by atoms with van der Waals surface area (Å²) in [6.07, 6.45) is 2.20. The minimum absolute atomic E-state index is 0.0728. The van der Waals surface area contributed by atoms with Crippen molar-refractivity contribution in [1.29, 1.82) is 0 Å². The fourth-order valence-electron chi connectivity index (χ4n) is 3.35. The van der Waals surface area contributed by atoms with Crippen LogP contribution in [0.5, 0.6) is 5.75 Å². The molecule has 27 heavy (non-hydrogen) atoms. The Balaban J connectivity index is 2.03. The van der Waals surface area contributed by atoms with Gasteiger partial charge < -0.3 is 15.4 Å². The van der Waals surface area contributed by atoms with Gasteiger partial charge in [0.25, 0.3) is 0 Å². The third-order valence-corrected chi connectivity index (χ3v) is 4.54. The van der Waals surface area contributed by atoms with Crippen LogP contribution in [0.25, 0.3) is 0 Å². The van der Waals surface area contributed by atoms with E-state index in [1.165, 1.54) is 13.4 Å². The smallest absolute Gasteiger partial charge is 0.225 e. The van der Waals surface area contributed by atoms with E-state index in [1.54, 1.807) is 10.7 Å². The standard InChI is InChI=1S/C19H25N5O3/c1-5-24-19(20-10-21-24)13-8-18(26)22-14-9-16(27-4)15(7-12(13)14)23-17(25)6-11(2)3/h7,9-11,13H,5-6,8H2,1-4H3,(H,22,26)(H,23,25). The lowest BCUT2D eigenvalue weighted by atomic mass is 9.89. The fourth-order valence-corrected chi connectivity index (χ4v) is 3.35. The summed E-state index contributed by atoms with van der Waals surface area (Å²) in [6.45, 7) is 6.63. The van der Waals surface area contributed by atoms with Gasteiger partial charge in [0.2, 0.25) is 11.8 Å².